The summed E-state index contributed by atoms with van der Waals surface area (Å²) in [5.74, 6) is -0.797. The van der Waals surface area contributed by atoms with E-state index in [-0.39, 0.29) is 23.2 Å². The van der Waals surface area contributed by atoms with Crippen molar-refractivity contribution in [2.75, 3.05) is 6.54 Å². The molecule has 0 saturated carbocycles. The molecule has 0 bridgehead atoms. The molecule has 8 heteroatoms. The molecular weight excluding hydrogens is 345 g/mol. The zero-order valence-corrected chi connectivity index (χ0v) is 14.6. The Morgan fingerprint density at radius 1 is 1.44 bits per heavy atom. The van der Waals surface area contributed by atoms with Crippen molar-refractivity contribution in [1.29, 1.82) is 0 Å². The Hall–Kier alpha value is -1.99. The minimum Gasteiger partial charge on any atom is -0.347 e. The first-order chi connectivity index (χ1) is 12.1. The van der Waals surface area contributed by atoms with Crippen LogP contribution >= 0.6 is 11.6 Å². The predicted molar refractivity (Wildman–Crippen MR) is 92.9 cm³/mol. The Morgan fingerprint density at radius 2 is 2.32 bits per heavy atom. The third kappa shape index (κ3) is 4.99. The Kier molecular flexibility index (Phi) is 5.99. The van der Waals surface area contributed by atoms with E-state index in [1.807, 2.05) is 0 Å². The molecule has 25 heavy (non-hydrogen) atoms. The van der Waals surface area contributed by atoms with Gasteiger partial charge in [-0.05, 0) is 43.5 Å². The molecule has 6 nitrogen and oxygen atoms in total. The van der Waals surface area contributed by atoms with Gasteiger partial charge in [0, 0.05) is 19.1 Å². The number of nitrogens with zero attached hydrogens (tertiary/aromatic N) is 3. The van der Waals surface area contributed by atoms with Crippen molar-refractivity contribution in [3.05, 3.63) is 46.5 Å². The van der Waals surface area contributed by atoms with Crippen molar-refractivity contribution < 1.29 is 9.18 Å². The number of aromatic nitrogens is 3. The summed E-state index contributed by atoms with van der Waals surface area (Å²) in [6.45, 7) is 2.05. The number of amides is 1. The highest BCUT2D eigenvalue weighted by Gasteiger charge is 2.14. The number of piperidine rings is 1. The summed E-state index contributed by atoms with van der Waals surface area (Å²) < 4.78 is 14.8. The number of halogens is 2. The lowest BCUT2D eigenvalue weighted by Gasteiger charge is -2.23. The summed E-state index contributed by atoms with van der Waals surface area (Å²) in [6.07, 6.45) is 6.30. The molecule has 134 valence electrons. The van der Waals surface area contributed by atoms with Gasteiger partial charge in [0.05, 0.1) is 11.2 Å². The predicted octanol–water partition coefficient (Wildman–Crippen LogP) is 2.53. The van der Waals surface area contributed by atoms with Crippen LogP contribution in [0.25, 0.3) is 0 Å². The number of benzene rings is 1. The summed E-state index contributed by atoms with van der Waals surface area (Å²) in [6, 6.07) is 4.86. The average molecular weight is 366 g/mol. The zero-order chi connectivity index (χ0) is 17.6. The minimum absolute atomic E-state index is 0.0361. The molecule has 1 aliphatic rings. The second kappa shape index (κ2) is 8.40. The van der Waals surface area contributed by atoms with Gasteiger partial charge in [-0.1, -0.05) is 29.3 Å². The van der Waals surface area contributed by atoms with Gasteiger partial charge in [0.2, 0.25) is 0 Å². The van der Waals surface area contributed by atoms with E-state index in [0.717, 1.165) is 25.1 Å². The van der Waals surface area contributed by atoms with Gasteiger partial charge in [-0.2, -0.15) is 0 Å². The van der Waals surface area contributed by atoms with E-state index in [1.54, 1.807) is 16.9 Å². The fraction of sp³-hybridized carbons (Fsp3) is 0.471. The average Bonchev–Trinajstić information content (AvgIpc) is 3.11. The number of aryl methyl sites for hydroxylation is 1. The molecule has 1 amide bonds. The van der Waals surface area contributed by atoms with Gasteiger partial charge in [-0.3, -0.25) is 9.48 Å². The van der Waals surface area contributed by atoms with Crippen LogP contribution in [0.2, 0.25) is 5.02 Å². The first-order valence-electron chi connectivity index (χ1n) is 8.47. The normalized spacial score (nSPS) is 17.4. The molecule has 2 N–H and O–H groups in total. The van der Waals surface area contributed by atoms with Crippen LogP contribution < -0.4 is 10.6 Å². The van der Waals surface area contributed by atoms with Crippen molar-refractivity contribution >= 4 is 17.5 Å². The van der Waals surface area contributed by atoms with E-state index in [1.165, 1.54) is 31.4 Å². The van der Waals surface area contributed by atoms with E-state index in [0.29, 0.717) is 6.04 Å². The van der Waals surface area contributed by atoms with Gasteiger partial charge in [-0.15, -0.1) is 5.10 Å². The van der Waals surface area contributed by atoms with Crippen molar-refractivity contribution in [2.45, 2.75) is 44.8 Å². The lowest BCUT2D eigenvalue weighted by molar-refractivity contribution is 0.0946. The molecule has 1 atom stereocenters. The third-order valence-corrected chi connectivity index (χ3v) is 4.62. The minimum atomic E-state index is -0.479. The second-order valence-corrected chi connectivity index (χ2v) is 6.64. The van der Waals surface area contributed by atoms with E-state index < -0.39 is 5.82 Å². The molecule has 0 radical (unpaired) electrons. The van der Waals surface area contributed by atoms with Crippen LogP contribution in [0.4, 0.5) is 4.39 Å². The zero-order valence-electron chi connectivity index (χ0n) is 13.8. The molecule has 0 aliphatic carbocycles. The number of nitrogens with one attached hydrogen (secondary N) is 2. The maximum atomic E-state index is 13.1. The topological polar surface area (TPSA) is 71.8 Å². The summed E-state index contributed by atoms with van der Waals surface area (Å²) >= 11 is 5.73. The van der Waals surface area contributed by atoms with Gasteiger partial charge in [0.1, 0.15) is 5.82 Å². The molecular formula is C17H21ClFN5O. The smallest absolute Gasteiger partial charge is 0.273 e. The van der Waals surface area contributed by atoms with Crippen LogP contribution in [0.5, 0.6) is 0 Å². The molecule has 1 aromatic carbocycles. The summed E-state index contributed by atoms with van der Waals surface area (Å²) in [7, 11) is 0. The van der Waals surface area contributed by atoms with Crippen molar-refractivity contribution in [1.82, 2.24) is 25.6 Å². The SMILES string of the molecule is O=C(NCc1ccc(F)c(Cl)c1)c1cn(CC[C@H]2CCCCN2)nn1. The van der Waals surface area contributed by atoms with Crippen molar-refractivity contribution in [2.24, 2.45) is 0 Å². The van der Waals surface area contributed by atoms with Gasteiger partial charge >= 0.3 is 0 Å². The number of hydrogen-bond acceptors (Lipinski definition) is 4. The van der Waals surface area contributed by atoms with Gasteiger partial charge in [0.25, 0.3) is 5.91 Å². The Morgan fingerprint density at radius 3 is 3.08 bits per heavy atom. The Bertz CT molecular complexity index is 730. The molecule has 3 rings (SSSR count). The lowest BCUT2D eigenvalue weighted by Crippen LogP contribution is -2.34. The highest BCUT2D eigenvalue weighted by atomic mass is 35.5. The van der Waals surface area contributed by atoms with Crippen LogP contribution in [0.3, 0.4) is 0 Å². The van der Waals surface area contributed by atoms with Crippen molar-refractivity contribution in [3.8, 4) is 0 Å². The standard InChI is InChI=1S/C17H21ClFN5O/c18-14-9-12(4-5-15(14)19)10-21-17(25)16-11-24(23-22-16)8-6-13-3-1-2-7-20-13/h4-5,9,11,13,20H,1-3,6-8,10H2,(H,21,25)/t13-/m1/s1. The molecule has 0 unspecified atom stereocenters. The fourth-order valence-electron chi connectivity index (χ4n) is 2.89. The maximum Gasteiger partial charge on any atom is 0.273 e. The molecule has 1 aliphatic heterocycles. The van der Waals surface area contributed by atoms with Gasteiger partial charge < -0.3 is 10.6 Å². The number of carbonyl (C=O) groups is 1. The molecule has 1 saturated heterocycles. The summed E-state index contributed by atoms with van der Waals surface area (Å²) in [4.78, 5) is 12.1. The fourth-order valence-corrected chi connectivity index (χ4v) is 3.10. The quantitative estimate of drug-likeness (QED) is 0.825. The van der Waals surface area contributed by atoms with Crippen LogP contribution in [-0.4, -0.2) is 33.5 Å². The number of rotatable bonds is 6. The largest absolute Gasteiger partial charge is 0.347 e. The van der Waals surface area contributed by atoms with Crippen LogP contribution in [0.15, 0.2) is 24.4 Å². The first-order valence-corrected chi connectivity index (χ1v) is 8.85. The molecule has 2 heterocycles. The highest BCUT2D eigenvalue weighted by Crippen LogP contribution is 2.16. The maximum absolute atomic E-state index is 13.1. The number of hydrogen-bond donors (Lipinski definition) is 2. The van der Waals surface area contributed by atoms with Crippen LogP contribution in [0.1, 0.15) is 41.7 Å². The highest BCUT2D eigenvalue weighted by molar-refractivity contribution is 6.30. The number of carbonyl (C=O) groups excluding carboxylic acids is 1. The van der Waals surface area contributed by atoms with E-state index in [4.69, 9.17) is 11.6 Å². The lowest BCUT2D eigenvalue weighted by atomic mass is 10.0. The monoisotopic (exact) mass is 365 g/mol. The third-order valence-electron chi connectivity index (χ3n) is 4.33. The first kappa shape index (κ1) is 17.8. The molecule has 2 aromatic rings. The second-order valence-electron chi connectivity index (χ2n) is 6.23. The van der Waals surface area contributed by atoms with Crippen LogP contribution in [0, 0.1) is 5.82 Å². The summed E-state index contributed by atoms with van der Waals surface area (Å²) in [5, 5.41) is 14.2. The van der Waals surface area contributed by atoms with E-state index >= 15 is 0 Å². The van der Waals surface area contributed by atoms with Crippen LogP contribution in [-0.2, 0) is 13.1 Å². The molecule has 0 spiro atoms. The van der Waals surface area contributed by atoms with Crippen molar-refractivity contribution in [3.63, 3.8) is 0 Å². The van der Waals surface area contributed by atoms with Gasteiger partial charge in [0.15, 0.2) is 5.69 Å². The summed E-state index contributed by atoms with van der Waals surface area (Å²) in [5.41, 5.74) is 0.986. The van der Waals surface area contributed by atoms with E-state index in [9.17, 15) is 9.18 Å². The molecule has 1 aromatic heterocycles. The molecule has 1 fully saturated rings. The Balaban J connectivity index is 1.49. The van der Waals surface area contributed by atoms with E-state index in [2.05, 4.69) is 20.9 Å². The van der Waals surface area contributed by atoms with Gasteiger partial charge in [-0.25, -0.2) is 4.39 Å². The Labute approximate surface area is 150 Å².